The van der Waals surface area contributed by atoms with Gasteiger partial charge < -0.3 is 35.1 Å². The number of ether oxygens (including phenoxy) is 3. The van der Waals surface area contributed by atoms with Crippen LogP contribution in [0.4, 0.5) is 0 Å². The summed E-state index contributed by atoms with van der Waals surface area (Å²) in [6, 6.07) is -2.91. The Bertz CT molecular complexity index is 1010. The second-order valence-corrected chi connectivity index (χ2v) is 9.26. The number of likely N-dealkylation sites (tertiary alicyclic amines) is 1. The van der Waals surface area contributed by atoms with E-state index < -0.39 is 71.3 Å². The highest BCUT2D eigenvalue weighted by Crippen LogP contribution is 2.21. The Morgan fingerprint density at radius 1 is 0.897 bits per heavy atom. The number of carbonyl (C=O) groups is 7. The minimum absolute atomic E-state index is 0.0273. The van der Waals surface area contributed by atoms with Gasteiger partial charge in [-0.2, -0.15) is 0 Å². The quantitative estimate of drug-likeness (QED) is 0.125. The molecule has 218 valence electrons. The first-order valence-electron chi connectivity index (χ1n) is 12.5. The molecule has 0 aliphatic carbocycles. The molecule has 14 heteroatoms. The molecule has 0 bridgehead atoms. The molecule has 1 heterocycles. The number of esters is 3. The molecule has 0 saturated carbocycles. The van der Waals surface area contributed by atoms with Crippen LogP contribution in [0.5, 0.6) is 0 Å². The third-order valence-electron chi connectivity index (χ3n) is 5.82. The van der Waals surface area contributed by atoms with Crippen LogP contribution in [0.3, 0.4) is 0 Å². The van der Waals surface area contributed by atoms with Crippen LogP contribution in [0.25, 0.3) is 0 Å². The van der Waals surface area contributed by atoms with Crippen molar-refractivity contribution >= 4 is 41.5 Å². The van der Waals surface area contributed by atoms with E-state index in [9.17, 15) is 33.6 Å². The number of amides is 4. The predicted octanol–water partition coefficient (Wildman–Crippen LogP) is -0.340. The third kappa shape index (κ3) is 10.0. The van der Waals surface area contributed by atoms with E-state index in [2.05, 4.69) is 25.4 Å². The molecule has 39 heavy (non-hydrogen) atoms. The molecule has 14 nitrogen and oxygen atoms in total. The fourth-order valence-electron chi connectivity index (χ4n) is 3.77. The Labute approximate surface area is 227 Å². The fourth-order valence-corrected chi connectivity index (χ4v) is 3.77. The van der Waals surface area contributed by atoms with E-state index in [0.29, 0.717) is 12.8 Å². The van der Waals surface area contributed by atoms with E-state index in [0.717, 1.165) is 14.0 Å². The van der Waals surface area contributed by atoms with Crippen molar-refractivity contribution in [3.63, 3.8) is 0 Å². The zero-order valence-electron chi connectivity index (χ0n) is 23.4. The summed E-state index contributed by atoms with van der Waals surface area (Å²) in [6.07, 6.45) is 0.550. The molecule has 0 radical (unpaired) electrons. The maximum absolute atomic E-state index is 13.2. The molecule has 1 rings (SSSR count). The van der Waals surface area contributed by atoms with E-state index in [1.807, 2.05) is 0 Å². The van der Waals surface area contributed by atoms with Crippen molar-refractivity contribution in [3.8, 4) is 0 Å². The Morgan fingerprint density at radius 3 is 2.08 bits per heavy atom. The van der Waals surface area contributed by atoms with Gasteiger partial charge in [0.1, 0.15) is 18.1 Å². The minimum Gasteiger partial charge on any atom is -0.469 e. The summed E-state index contributed by atoms with van der Waals surface area (Å²) in [7, 11) is 2.30. The molecule has 1 fully saturated rings. The predicted molar refractivity (Wildman–Crippen MR) is 135 cm³/mol. The van der Waals surface area contributed by atoms with E-state index in [4.69, 9.17) is 4.74 Å². The molecule has 1 aliphatic rings. The van der Waals surface area contributed by atoms with Gasteiger partial charge in [-0.1, -0.05) is 13.8 Å². The maximum atomic E-state index is 13.2. The molecule has 0 aromatic rings. The smallest absolute Gasteiger partial charge is 0.375 e. The van der Waals surface area contributed by atoms with Crippen molar-refractivity contribution in [2.75, 3.05) is 20.8 Å². The standard InChI is InChI=1S/C25H38N4O10/c1-13(2)20(21(25(36)38-7)39-16(5)30)28-23(34)17-9-8-12-29(17)24(35)15(4)27-22(33)14(3)26-18(31)10-11-19(32)37-6/h13-15,17H,8-12H2,1-7H3,(H,26,31)(H,27,33)(H,28,34)/t14-,15-,17-/m0/s1. The average molecular weight is 555 g/mol. The second-order valence-electron chi connectivity index (χ2n) is 9.26. The molecule has 0 spiro atoms. The Morgan fingerprint density at radius 2 is 1.54 bits per heavy atom. The molecule has 3 N–H and O–H groups in total. The Kier molecular flexibility index (Phi) is 13.1. The Balaban J connectivity index is 2.91. The first-order chi connectivity index (χ1) is 18.2. The number of nitrogens with zero attached hydrogens (tertiary/aromatic N) is 1. The van der Waals surface area contributed by atoms with E-state index in [1.165, 1.54) is 25.9 Å². The minimum atomic E-state index is -1.02. The lowest BCUT2D eigenvalue weighted by molar-refractivity contribution is -0.149. The number of rotatable bonds is 12. The monoisotopic (exact) mass is 554 g/mol. The van der Waals surface area contributed by atoms with Gasteiger partial charge in [0, 0.05) is 19.9 Å². The second kappa shape index (κ2) is 15.4. The van der Waals surface area contributed by atoms with Gasteiger partial charge in [-0.3, -0.25) is 28.8 Å². The fraction of sp³-hybridized carbons (Fsp3) is 0.640. The summed E-state index contributed by atoms with van der Waals surface area (Å²) in [5, 5.41) is 7.57. The molecule has 0 aromatic carbocycles. The lowest BCUT2D eigenvalue weighted by Crippen LogP contribution is -2.55. The average Bonchev–Trinajstić information content (AvgIpc) is 3.37. The molecule has 1 saturated heterocycles. The van der Waals surface area contributed by atoms with Gasteiger partial charge in [0.05, 0.1) is 26.3 Å². The highest BCUT2D eigenvalue weighted by atomic mass is 16.6. The van der Waals surface area contributed by atoms with Crippen LogP contribution < -0.4 is 16.0 Å². The summed E-state index contributed by atoms with van der Waals surface area (Å²) in [4.78, 5) is 87.0. The van der Waals surface area contributed by atoms with Gasteiger partial charge in [0.25, 0.3) is 0 Å². The van der Waals surface area contributed by atoms with Gasteiger partial charge >= 0.3 is 17.9 Å². The molecule has 0 aromatic heterocycles. The molecular formula is C25H38N4O10. The van der Waals surface area contributed by atoms with Crippen LogP contribution in [-0.2, 0) is 47.8 Å². The highest BCUT2D eigenvalue weighted by Gasteiger charge is 2.38. The van der Waals surface area contributed by atoms with Crippen LogP contribution in [-0.4, -0.2) is 85.3 Å². The van der Waals surface area contributed by atoms with E-state index >= 15 is 0 Å². The first-order valence-corrected chi connectivity index (χ1v) is 12.5. The number of allylic oxidation sites excluding steroid dienone is 1. The third-order valence-corrected chi connectivity index (χ3v) is 5.82. The zero-order valence-corrected chi connectivity index (χ0v) is 23.4. The molecule has 4 amide bonds. The molecule has 3 atom stereocenters. The van der Waals surface area contributed by atoms with Gasteiger partial charge in [-0.25, -0.2) is 4.79 Å². The van der Waals surface area contributed by atoms with Crippen molar-refractivity contribution in [2.45, 2.75) is 78.4 Å². The van der Waals surface area contributed by atoms with Crippen molar-refractivity contribution in [3.05, 3.63) is 11.5 Å². The summed E-state index contributed by atoms with van der Waals surface area (Å²) in [5.74, 6) is -5.46. The Hall–Kier alpha value is -3.97. The number of methoxy groups -OCH3 is 2. The number of nitrogens with one attached hydrogen (secondary N) is 3. The highest BCUT2D eigenvalue weighted by molar-refractivity contribution is 5.96. The first kappa shape index (κ1) is 33.1. The van der Waals surface area contributed by atoms with Crippen LogP contribution in [0.2, 0.25) is 0 Å². The van der Waals surface area contributed by atoms with Crippen molar-refractivity contribution in [1.29, 1.82) is 0 Å². The van der Waals surface area contributed by atoms with Crippen molar-refractivity contribution in [2.24, 2.45) is 5.92 Å². The molecular weight excluding hydrogens is 516 g/mol. The van der Waals surface area contributed by atoms with Crippen LogP contribution >= 0.6 is 0 Å². The molecule has 1 aliphatic heterocycles. The van der Waals surface area contributed by atoms with Crippen molar-refractivity contribution in [1.82, 2.24) is 20.9 Å². The number of carbonyl (C=O) groups excluding carboxylic acids is 7. The SMILES string of the molecule is COC(=O)CCC(=O)N[C@@H](C)C(=O)N[C@@H](C)C(=O)N1CCC[C@H]1C(=O)NC(=C(OC(C)=O)C(=O)OC)C(C)C. The topological polar surface area (TPSA) is 187 Å². The summed E-state index contributed by atoms with van der Waals surface area (Å²) in [6.45, 7) is 7.58. The van der Waals surface area contributed by atoms with Crippen LogP contribution in [0.15, 0.2) is 11.5 Å². The molecule has 0 unspecified atom stereocenters. The largest absolute Gasteiger partial charge is 0.469 e. The summed E-state index contributed by atoms with van der Waals surface area (Å²) in [5.41, 5.74) is 0.0273. The summed E-state index contributed by atoms with van der Waals surface area (Å²) < 4.78 is 14.1. The number of hydrogen-bond acceptors (Lipinski definition) is 10. The van der Waals surface area contributed by atoms with E-state index in [-0.39, 0.29) is 25.1 Å². The lowest BCUT2D eigenvalue weighted by atomic mass is 10.1. The summed E-state index contributed by atoms with van der Waals surface area (Å²) >= 11 is 0. The van der Waals surface area contributed by atoms with E-state index in [1.54, 1.807) is 13.8 Å². The van der Waals surface area contributed by atoms with Crippen molar-refractivity contribution < 1.29 is 47.8 Å². The van der Waals surface area contributed by atoms with Crippen LogP contribution in [0.1, 0.15) is 60.3 Å². The van der Waals surface area contributed by atoms with Crippen LogP contribution in [0, 0.1) is 5.92 Å². The maximum Gasteiger partial charge on any atom is 0.375 e. The number of hydrogen-bond donors (Lipinski definition) is 3. The zero-order chi connectivity index (χ0) is 29.9. The van der Waals surface area contributed by atoms with Gasteiger partial charge in [0.2, 0.25) is 29.4 Å². The lowest BCUT2D eigenvalue weighted by Gasteiger charge is -2.28. The normalized spacial score (nSPS) is 16.8. The van der Waals surface area contributed by atoms with Gasteiger partial charge in [-0.05, 0) is 32.6 Å². The van der Waals surface area contributed by atoms with Gasteiger partial charge in [0.15, 0.2) is 0 Å². The van der Waals surface area contributed by atoms with Gasteiger partial charge in [-0.15, -0.1) is 0 Å².